The van der Waals surface area contributed by atoms with Crippen LogP contribution in [0, 0.1) is 5.82 Å². The summed E-state index contributed by atoms with van der Waals surface area (Å²) in [6.45, 7) is 2.66. The normalized spacial score (nSPS) is 10.7. The summed E-state index contributed by atoms with van der Waals surface area (Å²) in [4.78, 5) is 2.27. The largest absolute Gasteiger partial charge is 0.362 e. The molecule has 24 heavy (non-hydrogen) atoms. The van der Waals surface area contributed by atoms with E-state index in [1.165, 1.54) is 17.7 Å². The van der Waals surface area contributed by atoms with E-state index in [0.717, 1.165) is 26.1 Å². The SMILES string of the molecule is CN(CCCNC(=S)Nc1ccc(F)c(Cl)c1)Cc1ccccc1. The van der Waals surface area contributed by atoms with Crippen LogP contribution in [0.15, 0.2) is 48.5 Å². The van der Waals surface area contributed by atoms with E-state index in [1.54, 1.807) is 6.07 Å². The first-order valence-electron chi connectivity index (χ1n) is 7.77. The van der Waals surface area contributed by atoms with Crippen LogP contribution in [-0.2, 0) is 6.54 Å². The van der Waals surface area contributed by atoms with E-state index in [0.29, 0.717) is 10.8 Å². The fourth-order valence-electron chi connectivity index (χ4n) is 2.27. The lowest BCUT2D eigenvalue weighted by Crippen LogP contribution is -2.31. The Morgan fingerprint density at radius 1 is 1.21 bits per heavy atom. The van der Waals surface area contributed by atoms with Crippen LogP contribution in [0.25, 0.3) is 0 Å². The number of anilines is 1. The van der Waals surface area contributed by atoms with Gasteiger partial charge in [0.1, 0.15) is 5.82 Å². The number of rotatable bonds is 7. The van der Waals surface area contributed by atoms with Crippen molar-refractivity contribution in [1.29, 1.82) is 0 Å². The summed E-state index contributed by atoms with van der Waals surface area (Å²) in [5.41, 5.74) is 1.97. The van der Waals surface area contributed by atoms with Gasteiger partial charge in [0.05, 0.1) is 5.02 Å². The van der Waals surface area contributed by atoms with E-state index >= 15 is 0 Å². The minimum atomic E-state index is -0.442. The van der Waals surface area contributed by atoms with Gasteiger partial charge in [-0.05, 0) is 56.0 Å². The van der Waals surface area contributed by atoms with E-state index in [2.05, 4.69) is 46.8 Å². The van der Waals surface area contributed by atoms with Gasteiger partial charge in [0, 0.05) is 18.8 Å². The van der Waals surface area contributed by atoms with Gasteiger partial charge >= 0.3 is 0 Å². The van der Waals surface area contributed by atoms with Gasteiger partial charge in [-0.2, -0.15) is 0 Å². The third kappa shape index (κ3) is 6.43. The molecule has 128 valence electrons. The third-order valence-electron chi connectivity index (χ3n) is 3.47. The highest BCUT2D eigenvalue weighted by molar-refractivity contribution is 7.80. The average molecular weight is 366 g/mol. The second kappa shape index (κ2) is 9.57. The Labute approximate surface area is 152 Å². The van der Waals surface area contributed by atoms with Crippen LogP contribution in [0.3, 0.4) is 0 Å². The summed E-state index contributed by atoms with van der Waals surface area (Å²) >= 11 is 11.0. The highest BCUT2D eigenvalue weighted by atomic mass is 35.5. The zero-order valence-electron chi connectivity index (χ0n) is 13.6. The molecule has 2 rings (SSSR count). The number of benzene rings is 2. The van der Waals surface area contributed by atoms with E-state index in [-0.39, 0.29) is 5.02 Å². The van der Waals surface area contributed by atoms with Gasteiger partial charge < -0.3 is 15.5 Å². The van der Waals surface area contributed by atoms with Crippen molar-refractivity contribution in [2.24, 2.45) is 0 Å². The molecule has 0 radical (unpaired) electrons. The van der Waals surface area contributed by atoms with Crippen LogP contribution in [0.5, 0.6) is 0 Å². The zero-order chi connectivity index (χ0) is 17.4. The molecule has 0 unspecified atom stereocenters. The van der Waals surface area contributed by atoms with Gasteiger partial charge in [-0.25, -0.2) is 4.39 Å². The van der Waals surface area contributed by atoms with Crippen molar-refractivity contribution in [2.75, 3.05) is 25.5 Å². The van der Waals surface area contributed by atoms with E-state index in [9.17, 15) is 4.39 Å². The van der Waals surface area contributed by atoms with Crippen molar-refractivity contribution in [3.05, 3.63) is 64.9 Å². The number of nitrogens with zero attached hydrogens (tertiary/aromatic N) is 1. The molecule has 0 spiro atoms. The van der Waals surface area contributed by atoms with Crippen molar-refractivity contribution < 1.29 is 4.39 Å². The van der Waals surface area contributed by atoms with Gasteiger partial charge in [0.2, 0.25) is 0 Å². The second-order valence-corrected chi connectivity index (χ2v) is 6.40. The predicted octanol–water partition coefficient (Wildman–Crippen LogP) is 4.29. The van der Waals surface area contributed by atoms with Gasteiger partial charge in [-0.15, -0.1) is 0 Å². The molecule has 0 aliphatic rings. The van der Waals surface area contributed by atoms with Crippen LogP contribution in [0.1, 0.15) is 12.0 Å². The van der Waals surface area contributed by atoms with Gasteiger partial charge in [0.25, 0.3) is 0 Å². The molecular weight excluding hydrogens is 345 g/mol. The maximum Gasteiger partial charge on any atom is 0.170 e. The Morgan fingerprint density at radius 2 is 1.96 bits per heavy atom. The summed E-state index contributed by atoms with van der Waals surface area (Å²) in [6.07, 6.45) is 0.968. The van der Waals surface area contributed by atoms with Gasteiger partial charge in [-0.1, -0.05) is 41.9 Å². The molecule has 0 aliphatic carbocycles. The van der Waals surface area contributed by atoms with Crippen molar-refractivity contribution in [3.63, 3.8) is 0 Å². The van der Waals surface area contributed by atoms with E-state index in [1.807, 2.05) is 6.07 Å². The van der Waals surface area contributed by atoms with E-state index < -0.39 is 5.82 Å². The standard InChI is InChI=1S/C18H21ClFN3S/c1-23(13-14-6-3-2-4-7-14)11-5-10-21-18(24)22-15-8-9-17(20)16(19)12-15/h2-4,6-9,12H,5,10-11,13H2,1H3,(H2,21,22,24). The number of nitrogens with one attached hydrogen (secondary N) is 2. The molecule has 0 heterocycles. The fraction of sp³-hybridized carbons (Fsp3) is 0.278. The van der Waals surface area contributed by atoms with E-state index in [4.69, 9.17) is 23.8 Å². The summed E-state index contributed by atoms with van der Waals surface area (Å²) < 4.78 is 13.1. The third-order valence-corrected chi connectivity index (χ3v) is 4.01. The van der Waals surface area contributed by atoms with Crippen LogP contribution < -0.4 is 10.6 Å². The zero-order valence-corrected chi connectivity index (χ0v) is 15.1. The predicted molar refractivity (Wildman–Crippen MR) is 103 cm³/mol. The number of halogens is 2. The molecule has 0 atom stereocenters. The molecule has 0 aliphatic heterocycles. The summed E-state index contributed by atoms with van der Waals surface area (Å²) in [5, 5.41) is 6.71. The molecule has 0 saturated carbocycles. The molecule has 0 amide bonds. The summed E-state index contributed by atoms with van der Waals surface area (Å²) in [6, 6.07) is 14.8. The lowest BCUT2D eigenvalue weighted by Gasteiger charge is -2.17. The average Bonchev–Trinajstić information content (AvgIpc) is 2.56. The van der Waals surface area contributed by atoms with Crippen molar-refractivity contribution in [3.8, 4) is 0 Å². The molecule has 0 fully saturated rings. The van der Waals surface area contributed by atoms with Crippen LogP contribution >= 0.6 is 23.8 Å². The highest BCUT2D eigenvalue weighted by Crippen LogP contribution is 2.19. The molecule has 2 aromatic carbocycles. The summed E-state index contributed by atoms with van der Waals surface area (Å²) in [7, 11) is 2.10. The summed E-state index contributed by atoms with van der Waals surface area (Å²) in [5.74, 6) is -0.442. The topological polar surface area (TPSA) is 27.3 Å². The van der Waals surface area contributed by atoms with Crippen molar-refractivity contribution in [1.82, 2.24) is 10.2 Å². The Hall–Kier alpha value is -1.69. The Kier molecular flexibility index (Phi) is 7.43. The lowest BCUT2D eigenvalue weighted by atomic mass is 10.2. The molecular formula is C18H21ClFN3S. The van der Waals surface area contributed by atoms with Crippen LogP contribution in [0.4, 0.5) is 10.1 Å². The molecule has 2 aromatic rings. The maximum atomic E-state index is 13.1. The smallest absolute Gasteiger partial charge is 0.170 e. The lowest BCUT2D eigenvalue weighted by molar-refractivity contribution is 0.322. The maximum absolute atomic E-state index is 13.1. The van der Waals surface area contributed by atoms with Gasteiger partial charge in [0.15, 0.2) is 5.11 Å². The highest BCUT2D eigenvalue weighted by Gasteiger charge is 2.03. The Bertz CT molecular complexity index is 667. The molecule has 2 N–H and O–H groups in total. The van der Waals surface area contributed by atoms with Crippen molar-refractivity contribution in [2.45, 2.75) is 13.0 Å². The van der Waals surface area contributed by atoms with Crippen molar-refractivity contribution >= 4 is 34.6 Å². The number of thiocarbonyl (C=S) groups is 1. The first-order chi connectivity index (χ1) is 11.5. The molecule has 0 aromatic heterocycles. The number of hydrogen-bond acceptors (Lipinski definition) is 2. The number of hydrogen-bond donors (Lipinski definition) is 2. The molecule has 3 nitrogen and oxygen atoms in total. The molecule has 6 heteroatoms. The quantitative estimate of drug-likeness (QED) is 0.565. The Morgan fingerprint density at radius 3 is 2.67 bits per heavy atom. The molecule has 0 saturated heterocycles. The Balaban J connectivity index is 1.64. The minimum Gasteiger partial charge on any atom is -0.362 e. The monoisotopic (exact) mass is 365 g/mol. The molecule has 0 bridgehead atoms. The first kappa shape index (κ1) is 18.6. The van der Waals surface area contributed by atoms with Gasteiger partial charge in [-0.3, -0.25) is 0 Å². The minimum absolute atomic E-state index is 0.0744. The van der Waals surface area contributed by atoms with Crippen LogP contribution in [-0.4, -0.2) is 30.1 Å². The second-order valence-electron chi connectivity index (χ2n) is 5.59. The van der Waals surface area contributed by atoms with Crippen LogP contribution in [0.2, 0.25) is 5.02 Å². The first-order valence-corrected chi connectivity index (χ1v) is 8.55. The fourth-order valence-corrected chi connectivity index (χ4v) is 2.67.